The number of hydrogen-bond acceptors (Lipinski definition) is 2. The standard InChI is InChI=1S/C17H20N2O/c1-3-19(4-2)17(20)16(14-10-6-5-7-11-14)15-12-8-9-13-18-15/h5-13,16H,3-4H2,1-2H3. The van der Waals surface area contributed by atoms with Gasteiger partial charge in [-0.25, -0.2) is 0 Å². The first-order valence-electron chi connectivity index (χ1n) is 7.02. The van der Waals surface area contributed by atoms with Crippen molar-refractivity contribution in [3.05, 3.63) is 66.0 Å². The van der Waals surface area contributed by atoms with E-state index in [-0.39, 0.29) is 11.8 Å². The highest BCUT2D eigenvalue weighted by Gasteiger charge is 2.26. The van der Waals surface area contributed by atoms with Crippen LogP contribution in [0.2, 0.25) is 0 Å². The lowest BCUT2D eigenvalue weighted by molar-refractivity contribution is -0.131. The molecule has 0 fully saturated rings. The lowest BCUT2D eigenvalue weighted by Crippen LogP contribution is -2.35. The second kappa shape index (κ2) is 6.85. The molecular weight excluding hydrogens is 248 g/mol. The molecule has 0 saturated carbocycles. The average Bonchev–Trinajstić information content (AvgIpc) is 2.51. The van der Waals surface area contributed by atoms with Gasteiger partial charge in [0.15, 0.2) is 0 Å². The van der Waals surface area contributed by atoms with Gasteiger partial charge >= 0.3 is 0 Å². The first-order valence-corrected chi connectivity index (χ1v) is 7.02. The van der Waals surface area contributed by atoms with Crippen LogP contribution in [0.25, 0.3) is 0 Å². The molecule has 104 valence electrons. The molecule has 3 heteroatoms. The Hall–Kier alpha value is -2.16. The zero-order valence-corrected chi connectivity index (χ0v) is 12.0. The van der Waals surface area contributed by atoms with Crippen LogP contribution in [0.5, 0.6) is 0 Å². The topological polar surface area (TPSA) is 33.2 Å². The van der Waals surface area contributed by atoms with Gasteiger partial charge in [-0.1, -0.05) is 36.4 Å². The second-order valence-electron chi connectivity index (χ2n) is 4.61. The summed E-state index contributed by atoms with van der Waals surface area (Å²) in [6.07, 6.45) is 1.74. The van der Waals surface area contributed by atoms with E-state index in [0.717, 1.165) is 11.3 Å². The van der Waals surface area contributed by atoms with Crippen LogP contribution in [0.4, 0.5) is 0 Å². The van der Waals surface area contributed by atoms with Crippen LogP contribution in [-0.4, -0.2) is 28.9 Å². The smallest absolute Gasteiger partial charge is 0.236 e. The first kappa shape index (κ1) is 14.3. The number of hydrogen-bond donors (Lipinski definition) is 0. The molecule has 1 aromatic carbocycles. The molecule has 0 N–H and O–H groups in total. The summed E-state index contributed by atoms with van der Waals surface area (Å²) in [5, 5.41) is 0. The Kier molecular flexibility index (Phi) is 4.88. The van der Waals surface area contributed by atoms with Crippen molar-refractivity contribution in [2.45, 2.75) is 19.8 Å². The Bertz CT molecular complexity index is 496. The number of carbonyl (C=O) groups excluding carboxylic acids is 1. The molecule has 0 aliphatic rings. The van der Waals surface area contributed by atoms with Gasteiger partial charge in [-0.3, -0.25) is 9.78 Å². The summed E-state index contributed by atoms with van der Waals surface area (Å²) >= 11 is 0. The minimum absolute atomic E-state index is 0.111. The molecule has 1 atom stereocenters. The third-order valence-corrected chi connectivity index (χ3v) is 3.44. The summed E-state index contributed by atoms with van der Waals surface area (Å²) in [5.41, 5.74) is 1.79. The van der Waals surface area contributed by atoms with Crippen LogP contribution in [0.3, 0.4) is 0 Å². The molecule has 2 aromatic rings. The summed E-state index contributed by atoms with van der Waals surface area (Å²) < 4.78 is 0. The van der Waals surface area contributed by atoms with Crippen molar-refractivity contribution >= 4 is 5.91 Å². The maximum atomic E-state index is 12.8. The monoisotopic (exact) mass is 268 g/mol. The van der Waals surface area contributed by atoms with Crippen molar-refractivity contribution in [2.75, 3.05) is 13.1 Å². The van der Waals surface area contributed by atoms with E-state index in [4.69, 9.17) is 0 Å². The van der Waals surface area contributed by atoms with Crippen molar-refractivity contribution in [3.63, 3.8) is 0 Å². The molecule has 20 heavy (non-hydrogen) atoms. The van der Waals surface area contributed by atoms with Crippen molar-refractivity contribution in [1.82, 2.24) is 9.88 Å². The van der Waals surface area contributed by atoms with Crippen LogP contribution in [0, 0.1) is 0 Å². The Morgan fingerprint density at radius 3 is 2.25 bits per heavy atom. The van der Waals surface area contributed by atoms with E-state index in [1.165, 1.54) is 0 Å². The molecule has 1 aromatic heterocycles. The molecule has 0 saturated heterocycles. The molecule has 2 rings (SSSR count). The molecule has 1 heterocycles. The molecule has 3 nitrogen and oxygen atoms in total. The highest BCUT2D eigenvalue weighted by molar-refractivity contribution is 5.86. The van der Waals surface area contributed by atoms with Crippen molar-refractivity contribution in [2.24, 2.45) is 0 Å². The fourth-order valence-corrected chi connectivity index (χ4v) is 2.35. The number of benzene rings is 1. The van der Waals surface area contributed by atoms with Crippen LogP contribution in [0.15, 0.2) is 54.7 Å². The van der Waals surface area contributed by atoms with E-state index in [9.17, 15) is 4.79 Å². The lowest BCUT2D eigenvalue weighted by atomic mass is 9.93. The molecule has 1 amide bonds. The van der Waals surface area contributed by atoms with E-state index >= 15 is 0 Å². The van der Waals surface area contributed by atoms with Gasteiger partial charge in [-0.15, -0.1) is 0 Å². The van der Waals surface area contributed by atoms with E-state index in [0.29, 0.717) is 13.1 Å². The maximum Gasteiger partial charge on any atom is 0.236 e. The van der Waals surface area contributed by atoms with Crippen LogP contribution in [-0.2, 0) is 4.79 Å². The zero-order valence-electron chi connectivity index (χ0n) is 12.0. The lowest BCUT2D eigenvalue weighted by Gasteiger charge is -2.25. The van der Waals surface area contributed by atoms with Gasteiger partial charge in [0, 0.05) is 19.3 Å². The van der Waals surface area contributed by atoms with Crippen LogP contribution in [0.1, 0.15) is 31.0 Å². The Balaban J connectivity index is 2.43. The van der Waals surface area contributed by atoms with Crippen molar-refractivity contribution < 1.29 is 4.79 Å². The molecule has 0 aliphatic carbocycles. The fourth-order valence-electron chi connectivity index (χ4n) is 2.35. The Labute approximate surface area is 120 Å². The molecule has 0 radical (unpaired) electrons. The normalized spacial score (nSPS) is 11.9. The van der Waals surface area contributed by atoms with Crippen molar-refractivity contribution in [3.8, 4) is 0 Å². The number of carbonyl (C=O) groups is 1. The number of amides is 1. The van der Waals surface area contributed by atoms with Gasteiger partial charge in [-0.05, 0) is 31.5 Å². The molecule has 1 unspecified atom stereocenters. The SMILES string of the molecule is CCN(CC)C(=O)C(c1ccccc1)c1ccccn1. The molecule has 0 spiro atoms. The largest absolute Gasteiger partial charge is 0.342 e. The van der Waals surface area contributed by atoms with Gasteiger partial charge in [0.25, 0.3) is 0 Å². The van der Waals surface area contributed by atoms with Crippen LogP contribution < -0.4 is 0 Å². The third kappa shape index (κ3) is 3.05. The first-order chi connectivity index (χ1) is 9.77. The summed E-state index contributed by atoms with van der Waals surface area (Å²) in [7, 11) is 0. The highest BCUT2D eigenvalue weighted by atomic mass is 16.2. The van der Waals surface area contributed by atoms with E-state index in [1.54, 1.807) is 6.20 Å². The number of rotatable bonds is 5. The summed E-state index contributed by atoms with van der Waals surface area (Å²) in [4.78, 5) is 19.0. The number of aromatic nitrogens is 1. The van der Waals surface area contributed by atoms with E-state index in [1.807, 2.05) is 67.3 Å². The number of pyridine rings is 1. The molecule has 0 bridgehead atoms. The quantitative estimate of drug-likeness (QED) is 0.835. The highest BCUT2D eigenvalue weighted by Crippen LogP contribution is 2.25. The molecular formula is C17H20N2O. The van der Waals surface area contributed by atoms with Gasteiger partial charge in [0.05, 0.1) is 5.69 Å². The zero-order chi connectivity index (χ0) is 14.4. The number of nitrogens with zero attached hydrogens (tertiary/aromatic N) is 2. The summed E-state index contributed by atoms with van der Waals surface area (Å²) in [5.74, 6) is -0.211. The van der Waals surface area contributed by atoms with E-state index < -0.39 is 0 Å². The second-order valence-corrected chi connectivity index (χ2v) is 4.61. The summed E-state index contributed by atoms with van der Waals surface area (Å²) in [6, 6.07) is 15.6. The fraction of sp³-hybridized carbons (Fsp3) is 0.294. The maximum absolute atomic E-state index is 12.8. The summed E-state index contributed by atoms with van der Waals surface area (Å²) in [6.45, 7) is 5.43. The Morgan fingerprint density at radius 1 is 1.05 bits per heavy atom. The molecule has 0 aliphatic heterocycles. The number of likely N-dealkylation sites (N-methyl/N-ethyl adjacent to an activating group) is 1. The van der Waals surface area contributed by atoms with Gasteiger partial charge in [0.2, 0.25) is 5.91 Å². The Morgan fingerprint density at radius 2 is 1.70 bits per heavy atom. The minimum atomic E-state index is -0.322. The predicted octanol–water partition coefficient (Wildman–Crippen LogP) is 3.08. The van der Waals surface area contributed by atoms with Gasteiger partial charge in [-0.2, -0.15) is 0 Å². The van der Waals surface area contributed by atoms with Gasteiger partial charge in [0.1, 0.15) is 5.92 Å². The van der Waals surface area contributed by atoms with Crippen LogP contribution >= 0.6 is 0 Å². The average molecular weight is 268 g/mol. The predicted molar refractivity (Wildman–Crippen MR) is 80.5 cm³/mol. The minimum Gasteiger partial charge on any atom is -0.342 e. The van der Waals surface area contributed by atoms with Crippen molar-refractivity contribution in [1.29, 1.82) is 0 Å². The van der Waals surface area contributed by atoms with E-state index in [2.05, 4.69) is 4.98 Å². The third-order valence-electron chi connectivity index (χ3n) is 3.44. The van der Waals surface area contributed by atoms with Gasteiger partial charge < -0.3 is 4.90 Å².